The summed E-state index contributed by atoms with van der Waals surface area (Å²) < 4.78 is 0. The smallest absolute Gasteiger partial charge is 0.316 e. The maximum absolute atomic E-state index is 14.4. The number of carbonyl (C=O) groups is 6. The maximum atomic E-state index is 14.4. The molecule has 1 aromatic heterocycles. The van der Waals surface area contributed by atoms with E-state index in [2.05, 4.69) is 38.8 Å². The molecule has 12 nitrogen and oxygen atoms in total. The number of Topliss-reactive ketones (excluding diaryl/α,β-unsaturated/α-hetero) is 2. The Kier molecular flexibility index (Phi) is 11.5. The van der Waals surface area contributed by atoms with Crippen LogP contribution in [0.25, 0.3) is 0 Å². The number of nitrogens with one attached hydrogen (secondary N) is 4. The highest BCUT2D eigenvalue weighted by molar-refractivity contribution is 7.11. The van der Waals surface area contributed by atoms with Gasteiger partial charge in [-0.25, -0.2) is 9.78 Å². The molecule has 1 aliphatic heterocycles. The standard InChI is InChI=1S/C35H48N6O6S/c1-8-13-22(26(42)30(45)36-16-9-2)38-29(44)25-23-21(35(23,6)7)19-41(25)32(46)28(34(3,4)5)40-33(47)39-24(20-14-11-10-12-15-20)27(43)31-37-17-18-48-31/h1,9,17-18,20-25,28H,2,10-16,19H2,3-7H3,(H,36,45)(H,38,44)(H2,39,40,47)/t21-,22?,23-,24-,25-,28+/m0/s1. The lowest BCUT2D eigenvalue weighted by atomic mass is 9.82. The van der Waals surface area contributed by atoms with Crippen LogP contribution < -0.4 is 21.3 Å². The highest BCUT2D eigenvalue weighted by atomic mass is 32.1. The number of amides is 5. The quantitative estimate of drug-likeness (QED) is 0.108. The number of hydrogen-bond donors (Lipinski definition) is 4. The van der Waals surface area contributed by atoms with Gasteiger partial charge in [-0.2, -0.15) is 0 Å². The molecule has 0 spiro atoms. The number of fused-ring (bicyclic) bond motifs is 1. The van der Waals surface area contributed by atoms with Crippen molar-refractivity contribution in [2.75, 3.05) is 13.1 Å². The molecule has 2 saturated carbocycles. The lowest BCUT2D eigenvalue weighted by molar-refractivity contribution is -0.145. The summed E-state index contributed by atoms with van der Waals surface area (Å²) in [6, 6.07) is -4.72. The van der Waals surface area contributed by atoms with E-state index in [9.17, 15) is 28.8 Å². The molecule has 2 aliphatic carbocycles. The van der Waals surface area contributed by atoms with Gasteiger partial charge in [0.15, 0.2) is 5.01 Å². The highest BCUT2D eigenvalue weighted by Gasteiger charge is 2.70. The Morgan fingerprint density at radius 3 is 2.40 bits per heavy atom. The van der Waals surface area contributed by atoms with E-state index in [1.54, 1.807) is 11.6 Å². The fraction of sp³-hybridized carbons (Fsp3) is 0.629. The Hall–Kier alpha value is -4.05. The molecule has 1 unspecified atom stereocenters. The summed E-state index contributed by atoms with van der Waals surface area (Å²) in [6.07, 6.45) is 12.8. The van der Waals surface area contributed by atoms with Crippen molar-refractivity contribution >= 4 is 46.7 Å². The van der Waals surface area contributed by atoms with Crippen LogP contribution in [0.3, 0.4) is 0 Å². The lowest BCUT2D eigenvalue weighted by Gasteiger charge is -2.38. The molecule has 6 atom stereocenters. The minimum atomic E-state index is -1.28. The van der Waals surface area contributed by atoms with Gasteiger partial charge >= 0.3 is 6.03 Å². The first-order chi connectivity index (χ1) is 22.6. The van der Waals surface area contributed by atoms with Crippen LogP contribution in [-0.4, -0.2) is 82.5 Å². The number of carbonyl (C=O) groups excluding carboxylic acids is 6. The first kappa shape index (κ1) is 36.8. The third-order valence-corrected chi connectivity index (χ3v) is 10.9. The predicted molar refractivity (Wildman–Crippen MR) is 182 cm³/mol. The summed E-state index contributed by atoms with van der Waals surface area (Å²) in [4.78, 5) is 86.3. The third kappa shape index (κ3) is 7.97. The number of likely N-dealkylation sites (tertiary alicyclic amines) is 1. The van der Waals surface area contributed by atoms with E-state index in [1.165, 1.54) is 22.3 Å². The molecule has 4 rings (SSSR count). The van der Waals surface area contributed by atoms with Crippen molar-refractivity contribution in [2.24, 2.45) is 28.6 Å². The highest BCUT2D eigenvalue weighted by Crippen LogP contribution is 2.65. The monoisotopic (exact) mass is 680 g/mol. The zero-order valence-electron chi connectivity index (χ0n) is 28.5. The predicted octanol–water partition coefficient (Wildman–Crippen LogP) is 2.85. The molecule has 0 radical (unpaired) electrons. The number of nitrogens with zero attached hydrogens (tertiary/aromatic N) is 2. The van der Waals surface area contributed by atoms with Crippen molar-refractivity contribution in [1.82, 2.24) is 31.2 Å². The van der Waals surface area contributed by atoms with Crippen molar-refractivity contribution in [2.45, 2.75) is 97.3 Å². The van der Waals surface area contributed by atoms with E-state index < -0.39 is 59.1 Å². The molecule has 260 valence electrons. The second-order valence-electron chi connectivity index (χ2n) is 14.7. The molecular weight excluding hydrogens is 632 g/mol. The fourth-order valence-electron chi connectivity index (χ4n) is 7.28. The van der Waals surface area contributed by atoms with Gasteiger partial charge in [0.1, 0.15) is 18.1 Å². The van der Waals surface area contributed by atoms with Crippen LogP contribution >= 0.6 is 11.3 Å². The van der Waals surface area contributed by atoms with Gasteiger partial charge in [-0.15, -0.1) is 30.3 Å². The molecule has 1 saturated heterocycles. The van der Waals surface area contributed by atoms with Crippen molar-refractivity contribution in [1.29, 1.82) is 0 Å². The van der Waals surface area contributed by atoms with Gasteiger partial charge in [0.25, 0.3) is 5.91 Å². The van der Waals surface area contributed by atoms with Crippen molar-refractivity contribution in [3.63, 3.8) is 0 Å². The van der Waals surface area contributed by atoms with Gasteiger partial charge in [-0.1, -0.05) is 60.0 Å². The number of hydrogen-bond acceptors (Lipinski definition) is 8. The SMILES string of the molecule is C#CCC(NC(=O)[C@@H]1[C@@H]2[C@H](CN1C(=O)[C@@H](NC(=O)N[C@H](C(=O)c1nccs1)C1CCCCC1)C(C)(C)C)C2(C)C)C(=O)C(=O)NCC=C. The minimum Gasteiger partial charge on any atom is -0.346 e. The normalized spacial score (nSPS) is 23.3. The number of ketones is 2. The largest absolute Gasteiger partial charge is 0.346 e. The Morgan fingerprint density at radius 2 is 1.81 bits per heavy atom. The molecule has 48 heavy (non-hydrogen) atoms. The summed E-state index contributed by atoms with van der Waals surface area (Å²) in [7, 11) is 0. The van der Waals surface area contributed by atoms with Crippen LogP contribution in [-0.2, 0) is 19.2 Å². The fourth-order valence-corrected chi connectivity index (χ4v) is 7.89. The molecule has 13 heteroatoms. The first-order valence-corrected chi connectivity index (χ1v) is 17.5. The summed E-state index contributed by atoms with van der Waals surface area (Å²) in [5, 5.41) is 12.8. The molecule has 3 fully saturated rings. The molecule has 5 amide bonds. The van der Waals surface area contributed by atoms with E-state index in [1.807, 2.05) is 34.6 Å². The van der Waals surface area contributed by atoms with Gasteiger partial charge in [0.05, 0.1) is 6.04 Å². The second-order valence-corrected chi connectivity index (χ2v) is 15.6. The zero-order valence-corrected chi connectivity index (χ0v) is 29.3. The number of piperidine rings is 1. The van der Waals surface area contributed by atoms with E-state index in [0.717, 1.165) is 32.1 Å². The van der Waals surface area contributed by atoms with Crippen molar-refractivity contribution in [3.05, 3.63) is 29.2 Å². The zero-order chi connectivity index (χ0) is 35.4. The van der Waals surface area contributed by atoms with Gasteiger partial charge in [-0.3, -0.25) is 24.0 Å². The van der Waals surface area contributed by atoms with Crippen LogP contribution in [0.1, 0.15) is 82.9 Å². The van der Waals surface area contributed by atoms with Gasteiger partial charge in [0.2, 0.25) is 23.4 Å². The Labute approximate surface area is 286 Å². The van der Waals surface area contributed by atoms with E-state index in [0.29, 0.717) is 5.01 Å². The average molecular weight is 681 g/mol. The topological polar surface area (TPSA) is 167 Å². The number of thiazole rings is 1. The number of aromatic nitrogens is 1. The van der Waals surface area contributed by atoms with Gasteiger partial charge in [0, 0.05) is 31.1 Å². The summed E-state index contributed by atoms with van der Waals surface area (Å²) >= 11 is 1.22. The Morgan fingerprint density at radius 1 is 1.12 bits per heavy atom. The molecule has 2 heterocycles. The molecule has 1 aromatic rings. The second kappa shape index (κ2) is 15.0. The van der Waals surface area contributed by atoms with Crippen LogP contribution in [0.15, 0.2) is 24.2 Å². The summed E-state index contributed by atoms with van der Waals surface area (Å²) in [6.45, 7) is 13.4. The van der Waals surface area contributed by atoms with Gasteiger partial charge in [-0.05, 0) is 41.4 Å². The number of rotatable bonds is 13. The van der Waals surface area contributed by atoms with Crippen LogP contribution in [0.2, 0.25) is 0 Å². The third-order valence-electron chi connectivity index (χ3n) is 10.1. The summed E-state index contributed by atoms with van der Waals surface area (Å²) in [5.41, 5.74) is -1.01. The molecular formula is C35H48N6O6S. The lowest BCUT2D eigenvalue weighted by Crippen LogP contribution is -2.62. The Bertz CT molecular complexity index is 1450. The minimum absolute atomic E-state index is 0.0240. The molecule has 3 aliphatic rings. The van der Waals surface area contributed by atoms with E-state index in [4.69, 9.17) is 6.42 Å². The average Bonchev–Trinajstić information content (AvgIpc) is 3.50. The molecule has 0 aromatic carbocycles. The summed E-state index contributed by atoms with van der Waals surface area (Å²) in [5.74, 6) is -0.965. The molecule has 4 N–H and O–H groups in total. The van der Waals surface area contributed by atoms with Crippen molar-refractivity contribution in [3.8, 4) is 12.3 Å². The van der Waals surface area contributed by atoms with Crippen LogP contribution in [0.5, 0.6) is 0 Å². The van der Waals surface area contributed by atoms with Crippen LogP contribution in [0, 0.1) is 40.9 Å². The van der Waals surface area contributed by atoms with Crippen molar-refractivity contribution < 1.29 is 28.8 Å². The van der Waals surface area contributed by atoms with E-state index >= 15 is 0 Å². The Balaban J connectivity index is 1.54. The molecule has 0 bridgehead atoms. The van der Waals surface area contributed by atoms with E-state index in [-0.39, 0.29) is 48.5 Å². The van der Waals surface area contributed by atoms with Gasteiger partial charge < -0.3 is 26.2 Å². The number of urea groups is 1. The maximum Gasteiger partial charge on any atom is 0.316 e. The number of terminal acetylenes is 1. The first-order valence-electron chi connectivity index (χ1n) is 16.6. The van der Waals surface area contributed by atoms with Crippen LogP contribution in [0.4, 0.5) is 4.79 Å².